The van der Waals surface area contributed by atoms with Gasteiger partial charge in [0.25, 0.3) is 5.91 Å². The Bertz CT molecular complexity index is 732. The molecule has 2 rings (SSSR count). The Hall–Kier alpha value is -2.40. The maximum absolute atomic E-state index is 12.9. The van der Waals surface area contributed by atoms with Gasteiger partial charge in [0.05, 0.1) is 10.6 Å². The molecule has 0 heterocycles. The van der Waals surface area contributed by atoms with Crippen molar-refractivity contribution >= 4 is 29.1 Å². The van der Waals surface area contributed by atoms with E-state index in [4.69, 9.17) is 11.6 Å². The molecule has 24 heavy (non-hydrogen) atoms. The van der Waals surface area contributed by atoms with E-state index in [1.165, 1.54) is 24.3 Å². The van der Waals surface area contributed by atoms with E-state index in [1.54, 1.807) is 24.3 Å². The van der Waals surface area contributed by atoms with Crippen LogP contribution in [0.2, 0.25) is 5.02 Å². The number of nitrogens with one attached hydrogen (secondary N) is 2. The number of halogens is 2. The number of hydrogen-bond donors (Lipinski definition) is 2. The topological polar surface area (TPSA) is 58.2 Å². The number of carbonyl (C=O) groups excluding carboxylic acids is 2. The largest absolute Gasteiger partial charge is 0.340 e. The van der Waals surface area contributed by atoms with Crippen LogP contribution in [0.4, 0.5) is 10.1 Å². The molecule has 0 fully saturated rings. The highest BCUT2D eigenvalue weighted by Gasteiger charge is 2.25. The minimum Gasteiger partial charge on any atom is -0.340 e. The average Bonchev–Trinajstić information content (AvgIpc) is 2.54. The number of anilines is 1. The fourth-order valence-corrected chi connectivity index (χ4v) is 2.37. The van der Waals surface area contributed by atoms with Gasteiger partial charge in [0.2, 0.25) is 5.91 Å². The summed E-state index contributed by atoms with van der Waals surface area (Å²) in [7, 11) is 0. The first-order valence-electron chi connectivity index (χ1n) is 7.50. The van der Waals surface area contributed by atoms with Gasteiger partial charge >= 0.3 is 0 Å². The molecule has 0 bridgehead atoms. The summed E-state index contributed by atoms with van der Waals surface area (Å²) < 4.78 is 12.9. The average molecular weight is 349 g/mol. The van der Waals surface area contributed by atoms with Crippen molar-refractivity contribution in [3.8, 4) is 0 Å². The van der Waals surface area contributed by atoms with Crippen molar-refractivity contribution in [1.29, 1.82) is 0 Å². The zero-order valence-corrected chi connectivity index (χ0v) is 14.1. The number of benzene rings is 2. The van der Waals surface area contributed by atoms with Crippen LogP contribution in [-0.4, -0.2) is 17.9 Å². The summed E-state index contributed by atoms with van der Waals surface area (Å²) in [6.07, 6.45) is 0. The summed E-state index contributed by atoms with van der Waals surface area (Å²) in [5.41, 5.74) is 0.762. The zero-order chi connectivity index (χ0) is 17.7. The van der Waals surface area contributed by atoms with Gasteiger partial charge in [-0.15, -0.1) is 0 Å². The Morgan fingerprint density at radius 3 is 2.25 bits per heavy atom. The summed E-state index contributed by atoms with van der Waals surface area (Å²) in [6.45, 7) is 3.64. The molecule has 0 aliphatic carbocycles. The molecule has 2 amide bonds. The SMILES string of the molecule is CC(C)[C@H](NC(=O)c1ccccc1Cl)C(=O)Nc1ccc(F)cc1. The smallest absolute Gasteiger partial charge is 0.253 e. The quantitative estimate of drug-likeness (QED) is 0.861. The van der Waals surface area contributed by atoms with Crippen molar-refractivity contribution in [1.82, 2.24) is 5.32 Å². The molecule has 0 unspecified atom stereocenters. The number of carbonyl (C=O) groups is 2. The van der Waals surface area contributed by atoms with Gasteiger partial charge in [0.1, 0.15) is 11.9 Å². The summed E-state index contributed by atoms with van der Waals surface area (Å²) in [4.78, 5) is 24.8. The Labute approximate surface area is 145 Å². The lowest BCUT2D eigenvalue weighted by atomic mass is 10.0. The molecule has 0 aliphatic heterocycles. The van der Waals surface area contributed by atoms with Gasteiger partial charge in [-0.1, -0.05) is 37.6 Å². The van der Waals surface area contributed by atoms with Gasteiger partial charge in [-0.2, -0.15) is 0 Å². The van der Waals surface area contributed by atoms with Gasteiger partial charge in [0, 0.05) is 5.69 Å². The van der Waals surface area contributed by atoms with Crippen LogP contribution < -0.4 is 10.6 Å². The van der Waals surface area contributed by atoms with Gasteiger partial charge in [-0.05, 0) is 42.3 Å². The van der Waals surface area contributed by atoms with Crippen molar-refractivity contribution in [3.05, 3.63) is 64.9 Å². The first kappa shape index (κ1) is 17.9. The van der Waals surface area contributed by atoms with Crippen LogP contribution in [0.5, 0.6) is 0 Å². The second-order valence-corrected chi connectivity index (χ2v) is 6.08. The molecule has 0 saturated heterocycles. The maximum Gasteiger partial charge on any atom is 0.253 e. The first-order chi connectivity index (χ1) is 11.4. The van der Waals surface area contributed by atoms with Gasteiger partial charge in [-0.3, -0.25) is 9.59 Å². The first-order valence-corrected chi connectivity index (χ1v) is 7.88. The van der Waals surface area contributed by atoms with Crippen LogP contribution in [0.3, 0.4) is 0 Å². The molecule has 0 saturated carbocycles. The van der Waals surface area contributed by atoms with Gasteiger partial charge in [-0.25, -0.2) is 4.39 Å². The maximum atomic E-state index is 12.9. The van der Waals surface area contributed by atoms with Crippen molar-refractivity contribution in [2.75, 3.05) is 5.32 Å². The van der Waals surface area contributed by atoms with Gasteiger partial charge < -0.3 is 10.6 Å². The fourth-order valence-electron chi connectivity index (χ4n) is 2.15. The molecule has 6 heteroatoms. The summed E-state index contributed by atoms with van der Waals surface area (Å²) >= 11 is 6.01. The van der Waals surface area contributed by atoms with Crippen molar-refractivity contribution in [3.63, 3.8) is 0 Å². The highest BCUT2D eigenvalue weighted by Crippen LogP contribution is 2.16. The summed E-state index contributed by atoms with van der Waals surface area (Å²) in [6, 6.07) is 11.3. The summed E-state index contributed by atoms with van der Waals surface area (Å²) in [5.74, 6) is -1.33. The number of rotatable bonds is 5. The van der Waals surface area contributed by atoms with Crippen LogP contribution in [0.1, 0.15) is 24.2 Å². The zero-order valence-electron chi connectivity index (χ0n) is 13.3. The van der Waals surface area contributed by atoms with Crippen LogP contribution >= 0.6 is 11.6 Å². The van der Waals surface area contributed by atoms with E-state index in [0.29, 0.717) is 16.3 Å². The van der Waals surface area contributed by atoms with Crippen LogP contribution in [0, 0.1) is 11.7 Å². The van der Waals surface area contributed by atoms with Crippen LogP contribution in [0.25, 0.3) is 0 Å². The molecule has 0 radical (unpaired) electrons. The highest BCUT2D eigenvalue weighted by molar-refractivity contribution is 6.33. The highest BCUT2D eigenvalue weighted by atomic mass is 35.5. The molecule has 126 valence electrons. The van der Waals surface area contributed by atoms with Crippen molar-refractivity contribution < 1.29 is 14.0 Å². The number of hydrogen-bond acceptors (Lipinski definition) is 2. The lowest BCUT2D eigenvalue weighted by molar-refractivity contribution is -0.118. The Balaban J connectivity index is 2.11. The second-order valence-electron chi connectivity index (χ2n) is 5.67. The predicted molar refractivity (Wildman–Crippen MR) is 92.6 cm³/mol. The molecule has 1 atom stereocenters. The fraction of sp³-hybridized carbons (Fsp3) is 0.222. The Morgan fingerprint density at radius 1 is 1.04 bits per heavy atom. The van der Waals surface area contributed by atoms with E-state index >= 15 is 0 Å². The molecular formula is C18H18ClFN2O2. The van der Waals surface area contributed by atoms with E-state index in [2.05, 4.69) is 10.6 Å². The lowest BCUT2D eigenvalue weighted by Gasteiger charge is -2.22. The van der Waals surface area contributed by atoms with E-state index in [9.17, 15) is 14.0 Å². The van der Waals surface area contributed by atoms with E-state index in [-0.39, 0.29) is 17.6 Å². The third kappa shape index (κ3) is 4.55. The van der Waals surface area contributed by atoms with Crippen LogP contribution in [-0.2, 0) is 4.79 Å². The standard InChI is InChI=1S/C18H18ClFN2O2/c1-11(2)16(18(24)21-13-9-7-12(20)8-10-13)22-17(23)14-5-3-4-6-15(14)19/h3-11,16H,1-2H3,(H,21,24)(H,22,23)/t16-/m0/s1. The molecule has 0 aliphatic rings. The normalized spacial score (nSPS) is 11.9. The molecule has 2 aromatic rings. The van der Waals surface area contributed by atoms with E-state index in [1.807, 2.05) is 13.8 Å². The van der Waals surface area contributed by atoms with Gasteiger partial charge in [0.15, 0.2) is 0 Å². The Morgan fingerprint density at radius 2 is 1.67 bits per heavy atom. The van der Waals surface area contributed by atoms with Crippen molar-refractivity contribution in [2.24, 2.45) is 5.92 Å². The number of amides is 2. The second kappa shape index (κ2) is 7.93. The molecule has 0 spiro atoms. The Kier molecular flexibility index (Phi) is 5.93. The monoisotopic (exact) mass is 348 g/mol. The van der Waals surface area contributed by atoms with Crippen molar-refractivity contribution in [2.45, 2.75) is 19.9 Å². The minimum absolute atomic E-state index is 0.142. The molecule has 2 N–H and O–H groups in total. The lowest BCUT2D eigenvalue weighted by Crippen LogP contribution is -2.47. The summed E-state index contributed by atoms with van der Waals surface area (Å²) in [5, 5.41) is 5.68. The molecular weight excluding hydrogens is 331 g/mol. The van der Waals surface area contributed by atoms with E-state index < -0.39 is 11.9 Å². The molecule has 0 aromatic heterocycles. The third-order valence-electron chi connectivity index (χ3n) is 3.47. The molecule has 2 aromatic carbocycles. The van der Waals surface area contributed by atoms with E-state index in [0.717, 1.165) is 0 Å². The molecule has 4 nitrogen and oxygen atoms in total. The minimum atomic E-state index is -0.751. The predicted octanol–water partition coefficient (Wildman–Crippen LogP) is 3.87. The van der Waals surface area contributed by atoms with Crippen LogP contribution in [0.15, 0.2) is 48.5 Å². The third-order valence-corrected chi connectivity index (χ3v) is 3.80.